The molecule has 0 bridgehead atoms. The highest BCUT2D eigenvalue weighted by Crippen LogP contribution is 2.28. The maximum absolute atomic E-state index is 12.6. The zero-order valence-electron chi connectivity index (χ0n) is 12.3. The number of piperidine rings is 1. The summed E-state index contributed by atoms with van der Waals surface area (Å²) in [6.45, 7) is 0.686. The van der Waals surface area contributed by atoms with Crippen LogP contribution in [0, 0.1) is 5.92 Å². The average Bonchev–Trinajstić information content (AvgIpc) is 3.09. The molecule has 1 aromatic carbocycles. The summed E-state index contributed by atoms with van der Waals surface area (Å²) in [5.41, 5.74) is 0.540. The topological polar surface area (TPSA) is 54.5 Å². The van der Waals surface area contributed by atoms with E-state index in [1.54, 1.807) is 41.8 Å². The van der Waals surface area contributed by atoms with E-state index in [4.69, 9.17) is 11.6 Å². The summed E-state index contributed by atoms with van der Waals surface area (Å²) >= 11 is 7.14. The smallest absolute Gasteiger partial charge is 0.252 e. The Bertz CT molecular complexity index is 802. The molecule has 122 valence electrons. The van der Waals surface area contributed by atoms with Crippen LogP contribution < -0.4 is 0 Å². The molecule has 1 aromatic heterocycles. The lowest BCUT2D eigenvalue weighted by Crippen LogP contribution is -2.42. The van der Waals surface area contributed by atoms with Gasteiger partial charge in [0, 0.05) is 29.6 Å². The Labute approximate surface area is 144 Å². The van der Waals surface area contributed by atoms with Crippen LogP contribution in [0.5, 0.6) is 0 Å². The molecule has 1 unspecified atom stereocenters. The molecule has 0 saturated carbocycles. The molecular weight excluding hydrogens is 354 g/mol. The van der Waals surface area contributed by atoms with Crippen molar-refractivity contribution in [1.29, 1.82) is 0 Å². The van der Waals surface area contributed by atoms with Gasteiger partial charge in [-0.15, -0.1) is 11.3 Å². The van der Waals surface area contributed by atoms with Gasteiger partial charge in [-0.05, 0) is 36.4 Å². The molecule has 3 rings (SSSR count). The number of rotatable bonds is 4. The molecule has 1 aliphatic heterocycles. The number of benzene rings is 1. The molecule has 4 nitrogen and oxygen atoms in total. The first-order valence-corrected chi connectivity index (χ1v) is 10.0. The third-order valence-electron chi connectivity index (χ3n) is 3.95. The van der Waals surface area contributed by atoms with Gasteiger partial charge in [0.05, 0.1) is 0 Å². The highest BCUT2D eigenvalue weighted by atomic mass is 35.5. The van der Waals surface area contributed by atoms with Gasteiger partial charge in [0.15, 0.2) is 5.78 Å². The lowest BCUT2D eigenvalue weighted by atomic mass is 9.91. The van der Waals surface area contributed by atoms with Crippen LogP contribution in [0.3, 0.4) is 0 Å². The standard InChI is InChI=1S/C16H16ClNO3S2/c17-14-6-1-4-12(10-14)16(19)13-5-2-8-18(11-13)23(20,21)15-7-3-9-22-15/h1,3-4,6-7,9-10,13H,2,5,8,11H2. The first-order valence-electron chi connectivity index (χ1n) is 7.32. The molecule has 0 amide bonds. The number of halogens is 1. The molecule has 0 N–H and O–H groups in total. The summed E-state index contributed by atoms with van der Waals surface area (Å²) in [6, 6.07) is 10.1. The van der Waals surface area contributed by atoms with Crippen molar-refractivity contribution in [3.63, 3.8) is 0 Å². The zero-order chi connectivity index (χ0) is 16.4. The second-order valence-corrected chi connectivity index (χ2v) is 9.06. The number of carbonyl (C=O) groups is 1. The van der Waals surface area contributed by atoms with E-state index < -0.39 is 10.0 Å². The number of carbonyl (C=O) groups excluding carboxylic acids is 1. The van der Waals surface area contributed by atoms with Gasteiger partial charge < -0.3 is 0 Å². The number of hydrogen-bond donors (Lipinski definition) is 0. The summed E-state index contributed by atoms with van der Waals surface area (Å²) in [7, 11) is -3.50. The van der Waals surface area contributed by atoms with Crippen molar-refractivity contribution < 1.29 is 13.2 Å². The van der Waals surface area contributed by atoms with Crippen LogP contribution in [0.15, 0.2) is 46.0 Å². The lowest BCUT2D eigenvalue weighted by molar-refractivity contribution is 0.0872. The fraction of sp³-hybridized carbons (Fsp3) is 0.312. The molecule has 1 atom stereocenters. The number of Topliss-reactive ketones (excluding diaryl/α,β-unsaturated/α-hetero) is 1. The minimum Gasteiger partial charge on any atom is -0.294 e. The third kappa shape index (κ3) is 3.50. The van der Waals surface area contributed by atoms with E-state index >= 15 is 0 Å². The molecule has 1 saturated heterocycles. The summed E-state index contributed by atoms with van der Waals surface area (Å²) in [5, 5.41) is 2.25. The Morgan fingerprint density at radius 1 is 1.26 bits per heavy atom. The predicted octanol–water partition coefficient (Wildman–Crippen LogP) is 3.69. The molecule has 7 heteroatoms. The number of thiophene rings is 1. The van der Waals surface area contributed by atoms with Crippen molar-refractivity contribution in [3.05, 3.63) is 52.4 Å². The normalized spacial score (nSPS) is 19.6. The predicted molar refractivity (Wildman–Crippen MR) is 91.6 cm³/mol. The third-order valence-corrected chi connectivity index (χ3v) is 7.43. The zero-order valence-corrected chi connectivity index (χ0v) is 14.7. The SMILES string of the molecule is O=C(c1cccc(Cl)c1)C1CCCN(S(=O)(=O)c2cccs2)C1. The van der Waals surface area contributed by atoms with Crippen molar-refractivity contribution in [2.75, 3.05) is 13.1 Å². The van der Waals surface area contributed by atoms with Crippen molar-refractivity contribution >= 4 is 38.7 Å². The second-order valence-electron chi connectivity index (χ2n) is 5.51. The van der Waals surface area contributed by atoms with E-state index in [-0.39, 0.29) is 18.2 Å². The van der Waals surface area contributed by atoms with Crippen molar-refractivity contribution in [2.24, 2.45) is 5.92 Å². The van der Waals surface area contributed by atoms with Crippen LogP contribution >= 0.6 is 22.9 Å². The minimum absolute atomic E-state index is 0.0430. The van der Waals surface area contributed by atoms with Gasteiger partial charge in [0.1, 0.15) is 4.21 Å². The van der Waals surface area contributed by atoms with Crippen LogP contribution in [0.4, 0.5) is 0 Å². The van der Waals surface area contributed by atoms with Gasteiger partial charge in [-0.3, -0.25) is 4.79 Å². The van der Waals surface area contributed by atoms with Crippen molar-refractivity contribution in [1.82, 2.24) is 4.31 Å². The summed E-state index contributed by atoms with van der Waals surface area (Å²) in [4.78, 5) is 12.6. The van der Waals surface area contributed by atoms with E-state index in [9.17, 15) is 13.2 Å². The molecule has 1 fully saturated rings. The van der Waals surface area contributed by atoms with E-state index in [1.807, 2.05) is 0 Å². The van der Waals surface area contributed by atoms with Gasteiger partial charge in [-0.1, -0.05) is 29.8 Å². The van der Waals surface area contributed by atoms with Crippen LogP contribution in [-0.4, -0.2) is 31.6 Å². The highest BCUT2D eigenvalue weighted by Gasteiger charge is 2.34. The molecule has 0 aliphatic carbocycles. The fourth-order valence-corrected chi connectivity index (χ4v) is 5.65. The average molecular weight is 370 g/mol. The first kappa shape index (κ1) is 16.6. The summed E-state index contributed by atoms with van der Waals surface area (Å²) in [6.07, 6.45) is 1.38. The van der Waals surface area contributed by atoms with E-state index in [1.165, 1.54) is 15.6 Å². The van der Waals surface area contributed by atoms with Crippen LogP contribution in [0.2, 0.25) is 5.02 Å². The molecule has 0 spiro atoms. The Balaban J connectivity index is 1.80. The molecule has 1 aliphatic rings. The molecule has 2 aromatic rings. The van der Waals surface area contributed by atoms with Gasteiger partial charge >= 0.3 is 0 Å². The van der Waals surface area contributed by atoms with Crippen molar-refractivity contribution in [2.45, 2.75) is 17.1 Å². The molecular formula is C16H16ClNO3S2. The molecule has 2 heterocycles. The second kappa shape index (κ2) is 6.73. The van der Waals surface area contributed by atoms with Crippen molar-refractivity contribution in [3.8, 4) is 0 Å². The number of nitrogens with zero attached hydrogens (tertiary/aromatic N) is 1. The van der Waals surface area contributed by atoms with E-state index in [2.05, 4.69) is 0 Å². The van der Waals surface area contributed by atoms with E-state index in [0.717, 1.165) is 0 Å². The van der Waals surface area contributed by atoms with Gasteiger partial charge in [0.25, 0.3) is 10.0 Å². The van der Waals surface area contributed by atoms with E-state index in [0.29, 0.717) is 34.2 Å². The monoisotopic (exact) mass is 369 g/mol. The van der Waals surface area contributed by atoms with Gasteiger partial charge in [0.2, 0.25) is 0 Å². The Morgan fingerprint density at radius 2 is 2.09 bits per heavy atom. The highest BCUT2D eigenvalue weighted by molar-refractivity contribution is 7.91. The minimum atomic E-state index is -3.50. The Hall–Kier alpha value is -1.21. The van der Waals surface area contributed by atoms with Crippen LogP contribution in [-0.2, 0) is 10.0 Å². The first-order chi connectivity index (χ1) is 11.0. The fourth-order valence-electron chi connectivity index (χ4n) is 2.79. The van der Waals surface area contributed by atoms with Crippen LogP contribution in [0.1, 0.15) is 23.2 Å². The van der Waals surface area contributed by atoms with Gasteiger partial charge in [-0.2, -0.15) is 4.31 Å². The maximum Gasteiger partial charge on any atom is 0.252 e. The number of ketones is 1. The summed E-state index contributed by atoms with van der Waals surface area (Å²) in [5.74, 6) is -0.365. The Kier molecular flexibility index (Phi) is 4.87. The van der Waals surface area contributed by atoms with Crippen LogP contribution in [0.25, 0.3) is 0 Å². The maximum atomic E-state index is 12.6. The quantitative estimate of drug-likeness (QED) is 0.772. The van der Waals surface area contributed by atoms with Gasteiger partial charge in [-0.25, -0.2) is 8.42 Å². The number of sulfonamides is 1. The molecule has 23 heavy (non-hydrogen) atoms. The molecule has 0 radical (unpaired) electrons. The Morgan fingerprint density at radius 3 is 2.78 bits per heavy atom. The summed E-state index contributed by atoms with van der Waals surface area (Å²) < 4.78 is 27.0. The lowest BCUT2D eigenvalue weighted by Gasteiger charge is -2.30. The largest absolute Gasteiger partial charge is 0.294 e. The number of hydrogen-bond acceptors (Lipinski definition) is 4.